The number of rotatable bonds is 5. The van der Waals surface area contributed by atoms with Crippen molar-refractivity contribution in [2.45, 2.75) is 12.5 Å². The number of hydrogen-bond donors (Lipinski definition) is 1. The molecule has 0 saturated carbocycles. The predicted molar refractivity (Wildman–Crippen MR) is 68.2 cm³/mol. The number of hydrogen-bond acceptors (Lipinski definition) is 4. The Balaban J connectivity index is 1.74. The SMILES string of the molecule is CN(CCOc1ccccc1N)C1CCOC1. The Labute approximate surface area is 102 Å². The maximum atomic E-state index is 5.80. The molecule has 1 aromatic carbocycles. The number of nitrogen functional groups attached to an aromatic ring is 1. The molecule has 1 aliphatic rings. The van der Waals surface area contributed by atoms with Crippen LogP contribution in [-0.4, -0.2) is 44.4 Å². The first-order valence-electron chi connectivity index (χ1n) is 6.02. The fourth-order valence-electron chi connectivity index (χ4n) is 1.96. The van der Waals surface area contributed by atoms with Gasteiger partial charge in [-0.05, 0) is 25.6 Å². The van der Waals surface area contributed by atoms with Crippen molar-refractivity contribution in [2.24, 2.45) is 0 Å². The molecule has 1 unspecified atom stereocenters. The van der Waals surface area contributed by atoms with Crippen LogP contribution in [0.3, 0.4) is 0 Å². The lowest BCUT2D eigenvalue weighted by Crippen LogP contribution is -2.35. The average Bonchev–Trinajstić information content (AvgIpc) is 2.85. The average molecular weight is 236 g/mol. The van der Waals surface area contributed by atoms with Crippen LogP contribution in [0.25, 0.3) is 0 Å². The van der Waals surface area contributed by atoms with Gasteiger partial charge in [-0.2, -0.15) is 0 Å². The molecule has 1 atom stereocenters. The first-order valence-corrected chi connectivity index (χ1v) is 6.02. The molecular weight excluding hydrogens is 216 g/mol. The van der Waals surface area contributed by atoms with Crippen LogP contribution in [0.2, 0.25) is 0 Å². The standard InChI is InChI=1S/C13H20N2O2/c1-15(11-6-8-16-10-11)7-9-17-13-5-3-2-4-12(13)14/h2-5,11H,6-10,14H2,1H3. The number of benzene rings is 1. The molecule has 0 aromatic heterocycles. The van der Waals surface area contributed by atoms with E-state index in [0.717, 1.165) is 31.9 Å². The molecule has 0 radical (unpaired) electrons. The first-order chi connectivity index (χ1) is 8.27. The van der Waals surface area contributed by atoms with Gasteiger partial charge >= 0.3 is 0 Å². The summed E-state index contributed by atoms with van der Waals surface area (Å²) in [6.07, 6.45) is 1.12. The van der Waals surface area contributed by atoms with Crippen molar-refractivity contribution in [1.29, 1.82) is 0 Å². The Hall–Kier alpha value is -1.26. The molecule has 2 rings (SSSR count). The van der Waals surface area contributed by atoms with E-state index in [1.807, 2.05) is 24.3 Å². The number of nitrogens with zero attached hydrogens (tertiary/aromatic N) is 1. The highest BCUT2D eigenvalue weighted by molar-refractivity contribution is 5.51. The zero-order chi connectivity index (χ0) is 12.1. The molecule has 17 heavy (non-hydrogen) atoms. The van der Waals surface area contributed by atoms with Crippen LogP contribution in [0.1, 0.15) is 6.42 Å². The zero-order valence-electron chi connectivity index (χ0n) is 10.3. The summed E-state index contributed by atoms with van der Waals surface area (Å²) in [5.74, 6) is 0.767. The van der Waals surface area contributed by atoms with Crippen LogP contribution in [0, 0.1) is 0 Å². The minimum Gasteiger partial charge on any atom is -0.490 e. The molecular formula is C13H20N2O2. The Morgan fingerprint density at radius 2 is 2.29 bits per heavy atom. The van der Waals surface area contributed by atoms with Crippen LogP contribution >= 0.6 is 0 Å². The lowest BCUT2D eigenvalue weighted by atomic mass is 10.2. The summed E-state index contributed by atoms with van der Waals surface area (Å²) < 4.78 is 11.0. The second-order valence-corrected chi connectivity index (χ2v) is 4.38. The number of nitrogens with two attached hydrogens (primary N) is 1. The molecule has 2 N–H and O–H groups in total. The van der Waals surface area contributed by atoms with Crippen molar-refractivity contribution in [3.8, 4) is 5.75 Å². The molecule has 0 bridgehead atoms. The molecule has 1 saturated heterocycles. The highest BCUT2D eigenvalue weighted by Crippen LogP contribution is 2.19. The quantitative estimate of drug-likeness (QED) is 0.784. The van der Waals surface area contributed by atoms with Gasteiger partial charge in [0.25, 0.3) is 0 Å². The molecule has 1 heterocycles. The zero-order valence-corrected chi connectivity index (χ0v) is 10.3. The number of para-hydroxylation sites is 2. The molecule has 4 nitrogen and oxygen atoms in total. The van der Waals surface area contributed by atoms with Gasteiger partial charge in [0.15, 0.2) is 0 Å². The van der Waals surface area contributed by atoms with E-state index in [9.17, 15) is 0 Å². The minimum absolute atomic E-state index is 0.534. The maximum absolute atomic E-state index is 5.80. The maximum Gasteiger partial charge on any atom is 0.142 e. The third kappa shape index (κ3) is 3.35. The summed E-state index contributed by atoms with van der Waals surface area (Å²) >= 11 is 0. The summed E-state index contributed by atoms with van der Waals surface area (Å²) in [6.45, 7) is 3.26. The van der Waals surface area contributed by atoms with Crippen molar-refractivity contribution in [2.75, 3.05) is 39.1 Å². The Kier molecular flexibility index (Phi) is 4.23. The van der Waals surface area contributed by atoms with E-state index in [2.05, 4.69) is 11.9 Å². The molecule has 1 fully saturated rings. The predicted octanol–water partition coefficient (Wildman–Crippen LogP) is 1.37. The monoisotopic (exact) mass is 236 g/mol. The van der Waals surface area contributed by atoms with Gasteiger partial charge < -0.3 is 15.2 Å². The van der Waals surface area contributed by atoms with Crippen LogP contribution in [0.4, 0.5) is 5.69 Å². The second kappa shape index (κ2) is 5.89. The summed E-state index contributed by atoms with van der Waals surface area (Å²) in [4.78, 5) is 2.28. The summed E-state index contributed by atoms with van der Waals surface area (Å²) in [7, 11) is 2.11. The van der Waals surface area contributed by atoms with E-state index in [1.54, 1.807) is 0 Å². The van der Waals surface area contributed by atoms with E-state index >= 15 is 0 Å². The van der Waals surface area contributed by atoms with Gasteiger partial charge in [0.1, 0.15) is 12.4 Å². The highest BCUT2D eigenvalue weighted by atomic mass is 16.5. The molecule has 0 aliphatic carbocycles. The fourth-order valence-corrected chi connectivity index (χ4v) is 1.96. The van der Waals surface area contributed by atoms with E-state index in [-0.39, 0.29) is 0 Å². The van der Waals surface area contributed by atoms with Crippen molar-refractivity contribution >= 4 is 5.69 Å². The van der Waals surface area contributed by atoms with E-state index in [1.165, 1.54) is 0 Å². The Morgan fingerprint density at radius 1 is 1.47 bits per heavy atom. The normalized spacial score (nSPS) is 19.8. The lowest BCUT2D eigenvalue weighted by Gasteiger charge is -2.22. The summed E-state index contributed by atoms with van der Waals surface area (Å²) in [5.41, 5.74) is 6.49. The van der Waals surface area contributed by atoms with E-state index in [0.29, 0.717) is 18.3 Å². The van der Waals surface area contributed by atoms with Gasteiger partial charge in [-0.1, -0.05) is 12.1 Å². The molecule has 1 aromatic rings. The third-order valence-electron chi connectivity index (χ3n) is 3.15. The Morgan fingerprint density at radius 3 is 3.00 bits per heavy atom. The topological polar surface area (TPSA) is 47.7 Å². The van der Waals surface area contributed by atoms with Gasteiger partial charge in [0, 0.05) is 19.2 Å². The van der Waals surface area contributed by atoms with Crippen LogP contribution in [-0.2, 0) is 4.74 Å². The molecule has 94 valence electrons. The smallest absolute Gasteiger partial charge is 0.142 e. The number of anilines is 1. The van der Waals surface area contributed by atoms with Crippen molar-refractivity contribution in [3.05, 3.63) is 24.3 Å². The van der Waals surface area contributed by atoms with Crippen molar-refractivity contribution in [3.63, 3.8) is 0 Å². The van der Waals surface area contributed by atoms with Crippen molar-refractivity contribution in [1.82, 2.24) is 4.90 Å². The molecule has 0 amide bonds. The Bertz CT molecular complexity index is 351. The van der Waals surface area contributed by atoms with Gasteiger partial charge in [0.05, 0.1) is 12.3 Å². The van der Waals surface area contributed by atoms with Gasteiger partial charge in [-0.3, -0.25) is 4.90 Å². The number of ether oxygens (including phenoxy) is 2. The van der Waals surface area contributed by atoms with Gasteiger partial charge in [-0.15, -0.1) is 0 Å². The van der Waals surface area contributed by atoms with Gasteiger partial charge in [0.2, 0.25) is 0 Å². The van der Waals surface area contributed by atoms with E-state index < -0.39 is 0 Å². The van der Waals surface area contributed by atoms with E-state index in [4.69, 9.17) is 15.2 Å². The number of likely N-dealkylation sites (N-methyl/N-ethyl adjacent to an activating group) is 1. The highest BCUT2D eigenvalue weighted by Gasteiger charge is 2.19. The summed E-state index contributed by atoms with van der Waals surface area (Å²) in [5, 5.41) is 0. The first kappa shape index (κ1) is 12.2. The van der Waals surface area contributed by atoms with Crippen LogP contribution in [0.15, 0.2) is 24.3 Å². The van der Waals surface area contributed by atoms with Crippen LogP contribution in [0.5, 0.6) is 5.75 Å². The largest absolute Gasteiger partial charge is 0.490 e. The second-order valence-electron chi connectivity index (χ2n) is 4.38. The van der Waals surface area contributed by atoms with Crippen LogP contribution < -0.4 is 10.5 Å². The van der Waals surface area contributed by atoms with Gasteiger partial charge in [-0.25, -0.2) is 0 Å². The van der Waals surface area contributed by atoms with Crippen molar-refractivity contribution < 1.29 is 9.47 Å². The lowest BCUT2D eigenvalue weighted by molar-refractivity contribution is 0.147. The third-order valence-corrected chi connectivity index (χ3v) is 3.15. The minimum atomic E-state index is 0.534. The summed E-state index contributed by atoms with van der Waals surface area (Å²) in [6, 6.07) is 8.12. The molecule has 4 heteroatoms. The molecule has 0 spiro atoms. The fraction of sp³-hybridized carbons (Fsp3) is 0.538. The molecule has 1 aliphatic heterocycles.